The van der Waals surface area contributed by atoms with Crippen molar-refractivity contribution in [3.05, 3.63) is 69.7 Å². The molecule has 0 spiro atoms. The first-order valence-corrected chi connectivity index (χ1v) is 9.21. The van der Waals surface area contributed by atoms with Crippen LogP contribution in [0.25, 0.3) is 0 Å². The largest absolute Gasteiger partial charge is 0.286 e. The lowest BCUT2D eigenvalue weighted by atomic mass is 10.2. The van der Waals surface area contributed by atoms with Crippen molar-refractivity contribution < 1.29 is 4.79 Å². The summed E-state index contributed by atoms with van der Waals surface area (Å²) in [6.07, 6.45) is 0. The maximum absolute atomic E-state index is 12.7. The summed E-state index contributed by atoms with van der Waals surface area (Å²) in [6.45, 7) is 3.42. The number of amides is 1. The molecule has 3 nitrogen and oxygen atoms in total. The molecule has 0 N–H and O–H groups in total. The maximum atomic E-state index is 12.7. The number of halogens is 1. The van der Waals surface area contributed by atoms with Crippen LogP contribution in [-0.4, -0.2) is 29.1 Å². The van der Waals surface area contributed by atoms with Gasteiger partial charge in [0.1, 0.15) is 0 Å². The number of carbonyl (C=O) groups is 1. The van der Waals surface area contributed by atoms with E-state index in [1.54, 1.807) is 16.7 Å². The van der Waals surface area contributed by atoms with Crippen molar-refractivity contribution >= 4 is 38.8 Å². The summed E-state index contributed by atoms with van der Waals surface area (Å²) < 4.78 is 0.971. The van der Waals surface area contributed by atoms with Crippen molar-refractivity contribution in [3.8, 4) is 0 Å². The fourth-order valence-corrected chi connectivity index (χ4v) is 3.69. The van der Waals surface area contributed by atoms with Crippen molar-refractivity contribution in [2.24, 2.45) is 4.99 Å². The Labute approximate surface area is 148 Å². The summed E-state index contributed by atoms with van der Waals surface area (Å²) in [7, 11) is 0. The van der Waals surface area contributed by atoms with Gasteiger partial charge in [0, 0.05) is 22.3 Å². The molecule has 0 saturated heterocycles. The average molecular weight is 389 g/mol. The summed E-state index contributed by atoms with van der Waals surface area (Å²) in [5.41, 5.74) is 3.19. The van der Waals surface area contributed by atoms with Gasteiger partial charge in [0.2, 0.25) is 0 Å². The predicted octanol–water partition coefficient (Wildman–Crippen LogP) is 4.50. The Hall–Kier alpha value is -1.59. The minimum atomic E-state index is 0.0190. The Morgan fingerprint density at radius 2 is 2.04 bits per heavy atom. The predicted molar refractivity (Wildman–Crippen MR) is 100.0 cm³/mol. The van der Waals surface area contributed by atoms with E-state index in [1.807, 2.05) is 24.3 Å². The first-order chi connectivity index (χ1) is 11.1. The van der Waals surface area contributed by atoms with E-state index < -0.39 is 0 Å². The van der Waals surface area contributed by atoms with Gasteiger partial charge in [-0.15, -0.1) is 0 Å². The van der Waals surface area contributed by atoms with Crippen molar-refractivity contribution in [1.82, 2.24) is 4.90 Å². The Morgan fingerprint density at radius 3 is 2.78 bits per heavy atom. The average Bonchev–Trinajstić information content (AvgIpc) is 3.01. The van der Waals surface area contributed by atoms with Crippen molar-refractivity contribution in [2.75, 3.05) is 13.1 Å². The molecule has 5 heteroatoms. The van der Waals surface area contributed by atoms with Crippen LogP contribution in [0.15, 0.2) is 58.0 Å². The number of nitrogens with zero attached hydrogens (tertiary/aromatic N) is 2. The van der Waals surface area contributed by atoms with Crippen LogP contribution in [0.3, 0.4) is 0 Å². The molecular formula is C18H17BrN2OS. The molecule has 0 aromatic heterocycles. The van der Waals surface area contributed by atoms with E-state index in [2.05, 4.69) is 52.1 Å². The molecule has 0 saturated carbocycles. The van der Waals surface area contributed by atoms with E-state index in [0.29, 0.717) is 18.7 Å². The molecule has 0 fully saturated rings. The van der Waals surface area contributed by atoms with Crippen LogP contribution in [0, 0.1) is 6.92 Å². The summed E-state index contributed by atoms with van der Waals surface area (Å²) in [5, 5.41) is 0.819. The zero-order valence-corrected chi connectivity index (χ0v) is 15.2. The number of thioether (sulfide) groups is 1. The van der Waals surface area contributed by atoms with Crippen molar-refractivity contribution in [3.63, 3.8) is 0 Å². The first kappa shape index (κ1) is 16.3. The Balaban J connectivity index is 1.67. The first-order valence-electron chi connectivity index (χ1n) is 7.44. The number of hydrogen-bond acceptors (Lipinski definition) is 3. The molecule has 118 valence electrons. The zero-order valence-electron chi connectivity index (χ0n) is 12.8. The lowest BCUT2D eigenvalue weighted by Gasteiger charge is -2.18. The van der Waals surface area contributed by atoms with Crippen LogP contribution in [0.4, 0.5) is 0 Å². The third-order valence-corrected chi connectivity index (χ3v) is 5.20. The molecule has 1 heterocycles. The van der Waals surface area contributed by atoms with Crippen LogP contribution >= 0.6 is 27.7 Å². The van der Waals surface area contributed by atoms with Gasteiger partial charge < -0.3 is 0 Å². The van der Waals surface area contributed by atoms with E-state index in [-0.39, 0.29) is 5.91 Å². The maximum Gasteiger partial charge on any atom is 0.259 e. The minimum absolute atomic E-state index is 0.0190. The number of aliphatic imine (C=N–C) groups is 1. The number of carbonyl (C=O) groups excluding carboxylic acids is 1. The van der Waals surface area contributed by atoms with Gasteiger partial charge in [0.25, 0.3) is 5.91 Å². The number of rotatable bonds is 3. The van der Waals surface area contributed by atoms with E-state index in [4.69, 9.17) is 0 Å². The summed E-state index contributed by atoms with van der Waals surface area (Å²) in [6, 6.07) is 15.9. The summed E-state index contributed by atoms with van der Waals surface area (Å²) >= 11 is 5.02. The minimum Gasteiger partial charge on any atom is -0.286 e. The molecule has 1 aliphatic rings. The normalized spacial score (nSPS) is 14.0. The molecule has 3 rings (SSSR count). The molecular weight excluding hydrogens is 372 g/mol. The summed E-state index contributed by atoms with van der Waals surface area (Å²) in [4.78, 5) is 18.9. The number of hydrogen-bond donors (Lipinski definition) is 0. The fourth-order valence-electron chi connectivity index (χ4n) is 2.44. The number of aryl methyl sites for hydroxylation is 1. The van der Waals surface area contributed by atoms with Crippen LogP contribution in [0.2, 0.25) is 0 Å². The second kappa shape index (κ2) is 7.32. The number of amidine groups is 1. The van der Waals surface area contributed by atoms with Crippen molar-refractivity contribution in [1.29, 1.82) is 0 Å². The van der Waals surface area contributed by atoms with E-state index in [9.17, 15) is 4.79 Å². The van der Waals surface area contributed by atoms with Gasteiger partial charge >= 0.3 is 0 Å². The lowest BCUT2D eigenvalue weighted by molar-refractivity contribution is 0.0860. The highest BCUT2D eigenvalue weighted by Gasteiger charge is 2.25. The molecule has 0 aliphatic carbocycles. The Morgan fingerprint density at radius 1 is 1.26 bits per heavy atom. The van der Waals surface area contributed by atoms with Gasteiger partial charge in [0.05, 0.1) is 6.54 Å². The van der Waals surface area contributed by atoms with Crippen LogP contribution in [-0.2, 0) is 5.75 Å². The Kier molecular flexibility index (Phi) is 5.18. The zero-order chi connectivity index (χ0) is 16.2. The van der Waals surface area contributed by atoms with Crippen LogP contribution < -0.4 is 0 Å². The van der Waals surface area contributed by atoms with E-state index in [1.165, 1.54) is 11.1 Å². The highest BCUT2D eigenvalue weighted by molar-refractivity contribution is 9.10. The fraction of sp³-hybridized carbons (Fsp3) is 0.222. The standard InChI is InChI=1S/C18H17BrN2OS/c1-13-3-2-4-14(11-13)12-23-18-20-9-10-21(18)17(22)15-5-7-16(19)8-6-15/h2-8,11H,9-10,12H2,1H3. The van der Waals surface area contributed by atoms with Gasteiger partial charge in [-0.1, -0.05) is 57.5 Å². The lowest BCUT2D eigenvalue weighted by Crippen LogP contribution is -2.32. The molecule has 0 atom stereocenters. The van der Waals surface area contributed by atoms with Crippen LogP contribution in [0.5, 0.6) is 0 Å². The van der Waals surface area contributed by atoms with E-state index in [0.717, 1.165) is 15.4 Å². The molecule has 1 amide bonds. The molecule has 0 bridgehead atoms. The topological polar surface area (TPSA) is 32.7 Å². The summed E-state index contributed by atoms with van der Waals surface area (Å²) in [5.74, 6) is 0.843. The highest BCUT2D eigenvalue weighted by atomic mass is 79.9. The van der Waals surface area contributed by atoms with Gasteiger partial charge in [-0.2, -0.15) is 0 Å². The van der Waals surface area contributed by atoms with Gasteiger partial charge in [-0.05, 0) is 36.8 Å². The second-order valence-corrected chi connectivity index (χ2v) is 7.26. The molecule has 1 aliphatic heterocycles. The second-order valence-electron chi connectivity index (χ2n) is 5.41. The third-order valence-electron chi connectivity index (χ3n) is 3.59. The van der Waals surface area contributed by atoms with Crippen molar-refractivity contribution in [2.45, 2.75) is 12.7 Å². The Bertz CT molecular complexity index is 743. The molecule has 2 aromatic carbocycles. The smallest absolute Gasteiger partial charge is 0.259 e. The monoisotopic (exact) mass is 388 g/mol. The molecule has 2 aromatic rings. The van der Waals surface area contributed by atoms with Gasteiger partial charge in [-0.25, -0.2) is 0 Å². The molecule has 0 unspecified atom stereocenters. The SMILES string of the molecule is Cc1cccc(CSC2=NCCN2C(=O)c2ccc(Br)cc2)c1. The van der Waals surface area contributed by atoms with E-state index >= 15 is 0 Å². The molecule has 0 radical (unpaired) electrons. The quantitative estimate of drug-likeness (QED) is 0.774. The van der Waals surface area contributed by atoms with Gasteiger partial charge in [0.15, 0.2) is 5.17 Å². The van der Waals surface area contributed by atoms with Crippen LogP contribution in [0.1, 0.15) is 21.5 Å². The van der Waals surface area contributed by atoms with Gasteiger partial charge in [-0.3, -0.25) is 14.7 Å². The highest BCUT2D eigenvalue weighted by Crippen LogP contribution is 2.22. The third kappa shape index (κ3) is 4.03. The number of benzene rings is 2. The molecule has 23 heavy (non-hydrogen) atoms.